The molecule has 0 spiro atoms. The fraction of sp³-hybridized carbons (Fsp3) is 0.429. The summed E-state index contributed by atoms with van der Waals surface area (Å²) < 4.78 is 22.6. The summed E-state index contributed by atoms with van der Waals surface area (Å²) in [4.78, 5) is 26.9. The largest absolute Gasteiger partial charge is 0.354 e. The minimum absolute atomic E-state index is 0.0393. The Balaban J connectivity index is 1.39. The van der Waals surface area contributed by atoms with Crippen molar-refractivity contribution in [2.45, 2.75) is 43.2 Å². The van der Waals surface area contributed by atoms with Gasteiger partial charge in [0.25, 0.3) is 5.91 Å². The zero-order chi connectivity index (χ0) is 22.4. The van der Waals surface area contributed by atoms with Gasteiger partial charge in [0.15, 0.2) is 0 Å². The maximum absolute atomic E-state index is 12.5. The van der Waals surface area contributed by atoms with Crippen molar-refractivity contribution in [2.24, 2.45) is 5.14 Å². The fourth-order valence-corrected chi connectivity index (χ4v) is 4.73. The highest BCUT2D eigenvalue weighted by molar-refractivity contribution is 7.89. The molecule has 1 fully saturated rings. The summed E-state index contributed by atoms with van der Waals surface area (Å²) in [5.74, 6) is -0.0792. The molecule has 168 valence electrons. The first kappa shape index (κ1) is 23.4. The predicted octanol–water partition coefficient (Wildman–Crippen LogP) is 1.34. The number of hydrogen-bond donors (Lipinski definition) is 3. The molecule has 0 bridgehead atoms. The van der Waals surface area contributed by atoms with Crippen molar-refractivity contribution in [2.75, 3.05) is 19.6 Å². The van der Waals surface area contributed by atoms with E-state index >= 15 is 0 Å². The Kier molecular flexibility index (Phi) is 7.82. The van der Waals surface area contributed by atoms with E-state index in [4.69, 9.17) is 5.14 Å². The molecule has 1 atom stereocenters. The highest BCUT2D eigenvalue weighted by atomic mass is 32.2. The van der Waals surface area contributed by atoms with Gasteiger partial charge in [-0.05, 0) is 55.3 Å². The maximum Gasteiger partial charge on any atom is 0.252 e. The Morgan fingerprint density at radius 3 is 2.45 bits per heavy atom. The SMILES string of the molecule is CC(C(=O)NCCc1ccc(S(N)(=O)=O)cc1)N1CCC(NC(=O)c2ccsc2)CC1. The van der Waals surface area contributed by atoms with Crippen LogP contribution < -0.4 is 15.8 Å². The van der Waals surface area contributed by atoms with Gasteiger partial charge in [0.1, 0.15) is 0 Å². The minimum Gasteiger partial charge on any atom is -0.354 e. The number of rotatable bonds is 8. The smallest absolute Gasteiger partial charge is 0.252 e. The molecule has 0 saturated carbocycles. The van der Waals surface area contributed by atoms with Crippen LogP contribution in [0.4, 0.5) is 0 Å². The number of carbonyl (C=O) groups excluding carboxylic acids is 2. The second-order valence-corrected chi connectivity index (χ2v) is 10.0. The monoisotopic (exact) mass is 464 g/mol. The van der Waals surface area contributed by atoms with Crippen molar-refractivity contribution in [3.8, 4) is 0 Å². The molecule has 1 unspecified atom stereocenters. The fourth-order valence-electron chi connectivity index (χ4n) is 3.58. The van der Waals surface area contributed by atoms with Crippen LogP contribution in [-0.2, 0) is 21.2 Å². The van der Waals surface area contributed by atoms with E-state index in [1.807, 2.05) is 23.8 Å². The van der Waals surface area contributed by atoms with E-state index in [1.54, 1.807) is 12.1 Å². The molecule has 1 aliphatic rings. The number of nitrogens with two attached hydrogens (primary N) is 1. The summed E-state index contributed by atoms with van der Waals surface area (Å²) in [5, 5.41) is 14.8. The lowest BCUT2D eigenvalue weighted by molar-refractivity contribution is -0.126. The average Bonchev–Trinajstić information content (AvgIpc) is 3.28. The number of benzene rings is 1. The van der Waals surface area contributed by atoms with Gasteiger partial charge in [0.2, 0.25) is 15.9 Å². The van der Waals surface area contributed by atoms with E-state index in [-0.39, 0.29) is 28.8 Å². The molecule has 1 aromatic carbocycles. The summed E-state index contributed by atoms with van der Waals surface area (Å²) in [6.45, 7) is 3.85. The Morgan fingerprint density at radius 2 is 1.87 bits per heavy atom. The van der Waals surface area contributed by atoms with E-state index in [2.05, 4.69) is 15.5 Å². The van der Waals surface area contributed by atoms with Gasteiger partial charge < -0.3 is 10.6 Å². The van der Waals surface area contributed by atoms with Crippen molar-refractivity contribution in [3.63, 3.8) is 0 Å². The first-order valence-corrected chi connectivity index (χ1v) is 12.7. The number of nitrogens with one attached hydrogen (secondary N) is 2. The normalized spacial score (nSPS) is 16.6. The van der Waals surface area contributed by atoms with E-state index in [9.17, 15) is 18.0 Å². The number of likely N-dealkylation sites (tertiary alicyclic amines) is 1. The van der Waals surface area contributed by atoms with Crippen LogP contribution in [0.2, 0.25) is 0 Å². The molecule has 3 rings (SSSR count). The van der Waals surface area contributed by atoms with Crippen molar-refractivity contribution in [1.29, 1.82) is 0 Å². The van der Waals surface area contributed by atoms with Crippen LogP contribution in [0.1, 0.15) is 35.7 Å². The van der Waals surface area contributed by atoms with E-state index in [0.29, 0.717) is 18.5 Å². The summed E-state index contributed by atoms with van der Waals surface area (Å²) in [7, 11) is -3.70. The predicted molar refractivity (Wildman–Crippen MR) is 120 cm³/mol. The highest BCUT2D eigenvalue weighted by Gasteiger charge is 2.27. The van der Waals surface area contributed by atoms with Gasteiger partial charge in [0, 0.05) is 36.6 Å². The number of sulfonamides is 1. The third-order valence-electron chi connectivity index (χ3n) is 5.54. The van der Waals surface area contributed by atoms with E-state index in [1.165, 1.54) is 23.5 Å². The zero-order valence-corrected chi connectivity index (χ0v) is 19.0. The molecule has 2 heterocycles. The summed E-state index contributed by atoms with van der Waals surface area (Å²) in [6, 6.07) is 8.02. The molecule has 4 N–H and O–H groups in total. The lowest BCUT2D eigenvalue weighted by Gasteiger charge is -2.35. The number of thiophene rings is 1. The second kappa shape index (κ2) is 10.4. The molecule has 2 aromatic rings. The number of piperidine rings is 1. The Labute approximate surface area is 186 Å². The Morgan fingerprint density at radius 1 is 1.19 bits per heavy atom. The van der Waals surface area contributed by atoms with Crippen molar-refractivity contribution in [3.05, 3.63) is 52.2 Å². The average molecular weight is 465 g/mol. The summed E-state index contributed by atoms with van der Waals surface area (Å²) in [6.07, 6.45) is 2.22. The van der Waals surface area contributed by atoms with E-state index < -0.39 is 10.0 Å². The quantitative estimate of drug-likeness (QED) is 0.544. The Hall–Kier alpha value is -2.27. The van der Waals surface area contributed by atoms with Crippen molar-refractivity contribution in [1.82, 2.24) is 15.5 Å². The number of nitrogens with zero attached hydrogens (tertiary/aromatic N) is 1. The standard InChI is InChI=1S/C21H28N4O4S2/c1-15(20(26)23-10-6-16-2-4-19(5-3-16)31(22,28)29)25-11-7-18(8-12-25)24-21(27)17-9-13-30-14-17/h2-5,9,13-15,18H,6-8,10-12H2,1H3,(H,23,26)(H,24,27)(H2,22,28,29). The van der Waals surface area contributed by atoms with Gasteiger partial charge in [-0.3, -0.25) is 14.5 Å². The molecule has 0 radical (unpaired) electrons. The molecule has 1 aromatic heterocycles. The molecule has 1 saturated heterocycles. The molecule has 2 amide bonds. The molecular formula is C21H28N4O4S2. The molecule has 8 nitrogen and oxygen atoms in total. The number of carbonyl (C=O) groups is 2. The third-order valence-corrected chi connectivity index (χ3v) is 7.15. The minimum atomic E-state index is -3.70. The first-order chi connectivity index (χ1) is 14.7. The lowest BCUT2D eigenvalue weighted by atomic mass is 10.0. The second-order valence-electron chi connectivity index (χ2n) is 7.70. The van der Waals surface area contributed by atoms with Gasteiger partial charge >= 0.3 is 0 Å². The van der Waals surface area contributed by atoms with E-state index in [0.717, 1.165) is 31.5 Å². The zero-order valence-electron chi connectivity index (χ0n) is 17.4. The highest BCUT2D eigenvalue weighted by Crippen LogP contribution is 2.15. The number of primary sulfonamides is 1. The van der Waals surface area contributed by atoms with Crippen LogP contribution in [0, 0.1) is 0 Å². The van der Waals surface area contributed by atoms with Gasteiger partial charge in [0.05, 0.1) is 10.9 Å². The van der Waals surface area contributed by atoms with Crippen LogP contribution in [0.15, 0.2) is 46.0 Å². The van der Waals surface area contributed by atoms with Gasteiger partial charge in [-0.1, -0.05) is 12.1 Å². The van der Waals surface area contributed by atoms with Gasteiger partial charge in [-0.15, -0.1) is 0 Å². The van der Waals surface area contributed by atoms with Crippen LogP contribution in [0.5, 0.6) is 0 Å². The molecular weight excluding hydrogens is 436 g/mol. The first-order valence-electron chi connectivity index (χ1n) is 10.2. The van der Waals surface area contributed by atoms with Crippen LogP contribution in [-0.4, -0.2) is 56.9 Å². The van der Waals surface area contributed by atoms with Crippen LogP contribution >= 0.6 is 11.3 Å². The maximum atomic E-state index is 12.5. The molecule has 10 heteroatoms. The van der Waals surface area contributed by atoms with Gasteiger partial charge in [-0.2, -0.15) is 11.3 Å². The van der Waals surface area contributed by atoms with Gasteiger partial charge in [-0.25, -0.2) is 13.6 Å². The number of hydrogen-bond acceptors (Lipinski definition) is 6. The van der Waals surface area contributed by atoms with Crippen LogP contribution in [0.3, 0.4) is 0 Å². The third kappa shape index (κ3) is 6.60. The molecule has 1 aliphatic heterocycles. The van der Waals surface area contributed by atoms with Crippen molar-refractivity contribution >= 4 is 33.2 Å². The summed E-state index contributed by atoms with van der Waals surface area (Å²) >= 11 is 1.50. The molecule has 31 heavy (non-hydrogen) atoms. The summed E-state index contributed by atoms with van der Waals surface area (Å²) in [5.41, 5.74) is 1.61. The van der Waals surface area contributed by atoms with Crippen molar-refractivity contribution < 1.29 is 18.0 Å². The lowest BCUT2D eigenvalue weighted by Crippen LogP contribution is -2.51. The number of amides is 2. The van der Waals surface area contributed by atoms with Crippen LogP contribution in [0.25, 0.3) is 0 Å². The Bertz CT molecular complexity index is 983. The molecule has 0 aliphatic carbocycles. The topological polar surface area (TPSA) is 122 Å².